The van der Waals surface area contributed by atoms with Crippen molar-refractivity contribution in [3.8, 4) is 39.5 Å². The van der Waals surface area contributed by atoms with Gasteiger partial charge in [-0.3, -0.25) is 14.5 Å². The number of methoxy groups -OCH3 is 1. The summed E-state index contributed by atoms with van der Waals surface area (Å²) in [6.07, 6.45) is 4.04. The van der Waals surface area contributed by atoms with E-state index in [1.165, 1.54) is 30.6 Å². The van der Waals surface area contributed by atoms with Gasteiger partial charge in [0.25, 0.3) is 0 Å². The molecular formula is C35H34F2N6O3S. The molecule has 7 rings (SSSR count). The predicted molar refractivity (Wildman–Crippen MR) is 177 cm³/mol. The number of halogens is 2. The number of ether oxygens (including phenoxy) is 2. The molecule has 1 unspecified atom stereocenters. The van der Waals surface area contributed by atoms with Crippen molar-refractivity contribution in [2.45, 2.75) is 39.0 Å². The van der Waals surface area contributed by atoms with Crippen molar-refractivity contribution in [2.24, 2.45) is 0 Å². The first-order chi connectivity index (χ1) is 22.7. The number of aromatic nitrogens is 4. The number of hydrogen-bond acceptors (Lipinski definition) is 8. The second-order valence-electron chi connectivity index (χ2n) is 12.0. The zero-order valence-corrected chi connectivity index (χ0v) is 27.2. The molecule has 0 radical (unpaired) electrons. The summed E-state index contributed by atoms with van der Waals surface area (Å²) in [6, 6.07) is 7.92. The third-order valence-corrected chi connectivity index (χ3v) is 9.72. The second kappa shape index (κ2) is 12.6. The summed E-state index contributed by atoms with van der Waals surface area (Å²) in [7, 11) is 3.62. The number of likely N-dealkylation sites (N-methyl/N-ethyl adjacent to an activating group) is 1. The normalized spacial score (nSPS) is 16.3. The minimum atomic E-state index is -0.776. The van der Waals surface area contributed by atoms with E-state index in [4.69, 9.17) is 24.5 Å². The van der Waals surface area contributed by atoms with Gasteiger partial charge in [0, 0.05) is 77.9 Å². The smallest absolute Gasteiger partial charge is 0.246 e. The largest absolute Gasteiger partial charge is 0.490 e. The predicted octanol–water partition coefficient (Wildman–Crippen LogP) is 6.10. The molecular weight excluding hydrogens is 622 g/mol. The van der Waals surface area contributed by atoms with Crippen LogP contribution in [-0.2, 0) is 35.6 Å². The maximum Gasteiger partial charge on any atom is 0.246 e. The van der Waals surface area contributed by atoms with Crippen LogP contribution in [0.5, 0.6) is 5.75 Å². The first-order valence-electron chi connectivity index (χ1n) is 15.4. The average molecular weight is 657 g/mol. The number of thiophene rings is 1. The van der Waals surface area contributed by atoms with E-state index >= 15 is 4.39 Å². The fourth-order valence-electron chi connectivity index (χ4n) is 6.45. The second-order valence-corrected chi connectivity index (χ2v) is 12.9. The zero-order chi connectivity index (χ0) is 32.8. The Morgan fingerprint density at radius 1 is 1.15 bits per heavy atom. The monoisotopic (exact) mass is 656 g/mol. The van der Waals surface area contributed by atoms with Crippen LogP contribution in [0.15, 0.2) is 54.6 Å². The van der Waals surface area contributed by atoms with Crippen LogP contribution in [0, 0.1) is 11.6 Å². The van der Waals surface area contributed by atoms with Crippen LogP contribution in [0.3, 0.4) is 0 Å². The highest BCUT2D eigenvalue weighted by Crippen LogP contribution is 2.47. The Labute approximate surface area is 275 Å². The van der Waals surface area contributed by atoms with Gasteiger partial charge in [0.15, 0.2) is 0 Å². The molecule has 242 valence electrons. The lowest BCUT2D eigenvalue weighted by molar-refractivity contribution is -0.129. The first-order valence-corrected chi connectivity index (χ1v) is 16.3. The number of pyridine rings is 2. The Morgan fingerprint density at radius 2 is 2.00 bits per heavy atom. The number of carbonyl (C=O) groups excluding carboxylic acids is 1. The Balaban J connectivity index is 1.47. The molecule has 0 fully saturated rings. The van der Waals surface area contributed by atoms with Gasteiger partial charge in [-0.15, -0.1) is 11.3 Å². The summed E-state index contributed by atoms with van der Waals surface area (Å²) in [5.41, 5.74) is 6.03. The highest BCUT2D eigenvalue weighted by molar-refractivity contribution is 7.18. The zero-order valence-electron chi connectivity index (χ0n) is 26.4. The number of fused-ring (bicyclic) bond motifs is 3. The molecule has 47 heavy (non-hydrogen) atoms. The maximum atomic E-state index is 16.1. The third-order valence-electron chi connectivity index (χ3n) is 8.79. The number of rotatable bonds is 8. The Kier molecular flexibility index (Phi) is 8.33. The summed E-state index contributed by atoms with van der Waals surface area (Å²) < 4.78 is 44.4. The summed E-state index contributed by atoms with van der Waals surface area (Å²) in [5, 5.41) is 7.70. The number of amides is 1. The number of benzene rings is 1. The molecule has 2 aliphatic rings. The lowest BCUT2D eigenvalue weighted by atomic mass is 9.96. The average Bonchev–Trinajstić information content (AvgIpc) is 3.71. The molecule has 1 aromatic carbocycles. The van der Waals surface area contributed by atoms with Gasteiger partial charge < -0.3 is 19.3 Å². The van der Waals surface area contributed by atoms with E-state index in [0.29, 0.717) is 35.7 Å². The fraction of sp³-hybridized carbons (Fsp3) is 0.314. The quantitative estimate of drug-likeness (QED) is 0.148. The standard InChI is InChI=1S/C35H34F2N6O3S/c1-5-30(44)42-19-24-15-28(40-43(24)17-20(42)2)34-32(31-26(37)13-23(36)14-29(31)46-10-9-45-4)35-25(7-11-47-35)33(39-34)21-12-22-18-41(3)8-6-27(22)38-16-21/h5,7,11-16,20H,1,6,8-10,17-19H2,2-4H3. The van der Waals surface area contributed by atoms with Crippen LogP contribution in [0.4, 0.5) is 8.78 Å². The Bertz CT molecular complexity index is 2020. The van der Waals surface area contributed by atoms with Crippen molar-refractivity contribution in [3.63, 3.8) is 0 Å². The van der Waals surface area contributed by atoms with Crippen molar-refractivity contribution in [3.05, 3.63) is 83.1 Å². The molecule has 0 saturated carbocycles. The molecule has 4 aromatic heterocycles. The molecule has 0 aliphatic carbocycles. The van der Waals surface area contributed by atoms with Crippen LogP contribution >= 0.6 is 11.3 Å². The van der Waals surface area contributed by atoms with Gasteiger partial charge in [-0.25, -0.2) is 13.8 Å². The van der Waals surface area contributed by atoms with E-state index in [1.807, 2.05) is 35.3 Å². The molecule has 5 aromatic rings. The minimum absolute atomic E-state index is 0.0453. The molecule has 0 bridgehead atoms. The summed E-state index contributed by atoms with van der Waals surface area (Å²) in [4.78, 5) is 26.7. The summed E-state index contributed by atoms with van der Waals surface area (Å²) in [6.45, 7) is 8.48. The van der Waals surface area contributed by atoms with Gasteiger partial charge in [-0.2, -0.15) is 5.10 Å². The molecule has 1 amide bonds. The molecule has 0 N–H and O–H groups in total. The van der Waals surface area contributed by atoms with Crippen molar-refractivity contribution in [2.75, 3.05) is 33.9 Å². The topological polar surface area (TPSA) is 85.6 Å². The maximum absolute atomic E-state index is 16.1. The first kappa shape index (κ1) is 31.1. The molecule has 2 aliphatic heterocycles. The van der Waals surface area contributed by atoms with E-state index in [1.54, 1.807) is 4.90 Å². The van der Waals surface area contributed by atoms with Crippen LogP contribution in [0.2, 0.25) is 0 Å². The molecule has 0 spiro atoms. The van der Waals surface area contributed by atoms with E-state index in [-0.39, 0.29) is 36.5 Å². The van der Waals surface area contributed by atoms with Gasteiger partial charge in [0.1, 0.15) is 35.4 Å². The van der Waals surface area contributed by atoms with Gasteiger partial charge >= 0.3 is 0 Å². The van der Waals surface area contributed by atoms with Crippen molar-refractivity contribution >= 4 is 27.3 Å². The molecule has 1 atom stereocenters. The van der Waals surface area contributed by atoms with Gasteiger partial charge in [0.05, 0.1) is 36.6 Å². The molecule has 6 heterocycles. The summed E-state index contributed by atoms with van der Waals surface area (Å²) >= 11 is 1.44. The number of nitrogens with zero attached hydrogens (tertiary/aromatic N) is 6. The fourth-order valence-corrected chi connectivity index (χ4v) is 7.40. The van der Waals surface area contributed by atoms with Gasteiger partial charge in [-0.05, 0) is 49.2 Å². The lowest BCUT2D eigenvalue weighted by Gasteiger charge is -2.33. The van der Waals surface area contributed by atoms with Crippen molar-refractivity contribution in [1.29, 1.82) is 0 Å². The minimum Gasteiger partial charge on any atom is -0.490 e. The van der Waals surface area contributed by atoms with Gasteiger partial charge in [0.2, 0.25) is 5.91 Å². The van der Waals surface area contributed by atoms with Crippen LogP contribution in [-0.4, -0.2) is 75.4 Å². The van der Waals surface area contributed by atoms with Crippen LogP contribution < -0.4 is 4.74 Å². The third kappa shape index (κ3) is 5.70. The molecule has 9 nitrogen and oxygen atoms in total. The highest BCUT2D eigenvalue weighted by atomic mass is 32.1. The van der Waals surface area contributed by atoms with Crippen molar-refractivity contribution < 1.29 is 23.0 Å². The lowest BCUT2D eigenvalue weighted by Crippen LogP contribution is -2.44. The Morgan fingerprint density at radius 3 is 2.81 bits per heavy atom. The van der Waals surface area contributed by atoms with E-state index in [9.17, 15) is 9.18 Å². The SMILES string of the molecule is C=CC(=O)N1Cc2cc(-c3nc(-c4cnc5c(c4)CN(C)CC5)c4ccsc4c3-c3c(F)cc(F)cc3OCCOC)nn2CC1C. The van der Waals surface area contributed by atoms with E-state index in [0.717, 1.165) is 58.2 Å². The van der Waals surface area contributed by atoms with E-state index in [2.05, 4.69) is 24.6 Å². The summed E-state index contributed by atoms with van der Waals surface area (Å²) in [5.74, 6) is -1.65. The highest BCUT2D eigenvalue weighted by Gasteiger charge is 2.31. The Hall–Kier alpha value is -4.52. The van der Waals surface area contributed by atoms with Crippen molar-refractivity contribution in [1.82, 2.24) is 29.5 Å². The van der Waals surface area contributed by atoms with Crippen LogP contribution in [0.25, 0.3) is 43.9 Å². The molecule has 12 heteroatoms. The number of carbonyl (C=O) groups is 1. The van der Waals surface area contributed by atoms with Gasteiger partial charge in [-0.1, -0.05) is 6.58 Å². The number of hydrogen-bond donors (Lipinski definition) is 0. The van der Waals surface area contributed by atoms with E-state index < -0.39 is 11.6 Å². The van der Waals surface area contributed by atoms with Crippen LogP contribution in [0.1, 0.15) is 23.9 Å². The molecule has 0 saturated heterocycles.